The number of hydrogen-bond donors (Lipinski definition) is 2. The Kier molecular flexibility index (Phi) is 11.0. The van der Waals surface area contributed by atoms with Gasteiger partial charge in [-0.15, -0.1) is 0 Å². The van der Waals surface area contributed by atoms with Gasteiger partial charge in [-0.3, -0.25) is 14.4 Å². The first-order valence-corrected chi connectivity index (χ1v) is 11.5. The molecule has 2 aliphatic heterocycles. The molecule has 1 aromatic rings. The van der Waals surface area contributed by atoms with E-state index in [1.807, 2.05) is 4.90 Å². The van der Waals surface area contributed by atoms with Crippen molar-refractivity contribution in [3.63, 3.8) is 0 Å². The normalized spacial score (nSPS) is 18.7. The Bertz CT molecular complexity index is 651. The number of carbonyl (C=O) groups excluding carboxylic acids is 3. The van der Waals surface area contributed by atoms with E-state index in [0.717, 1.165) is 51.7 Å². The van der Waals surface area contributed by atoms with Gasteiger partial charge in [-0.25, -0.2) is 0 Å². The van der Waals surface area contributed by atoms with Gasteiger partial charge in [-0.2, -0.15) is 0 Å². The maximum Gasteiger partial charge on any atom is 0.253 e. The van der Waals surface area contributed by atoms with Crippen molar-refractivity contribution < 1.29 is 14.4 Å². The first-order valence-electron chi connectivity index (χ1n) is 11.5. The van der Waals surface area contributed by atoms with E-state index in [1.165, 1.54) is 44.9 Å². The lowest BCUT2D eigenvalue weighted by atomic mass is 10.1. The second-order valence-electron chi connectivity index (χ2n) is 8.22. The number of amides is 3. The lowest BCUT2D eigenvalue weighted by Gasteiger charge is -2.22. The first kappa shape index (κ1) is 23.9. The highest BCUT2D eigenvalue weighted by Crippen LogP contribution is 2.15. The van der Waals surface area contributed by atoms with Gasteiger partial charge in [0.05, 0.1) is 0 Å². The third-order valence-corrected chi connectivity index (χ3v) is 5.71. The smallest absolute Gasteiger partial charge is 0.253 e. The molecule has 0 aliphatic carbocycles. The van der Waals surface area contributed by atoms with Crippen molar-refractivity contribution in [2.45, 2.75) is 77.0 Å². The lowest BCUT2D eigenvalue weighted by molar-refractivity contribution is -0.120. The largest absolute Gasteiger partial charge is 0.366 e. The average molecular weight is 416 g/mol. The summed E-state index contributed by atoms with van der Waals surface area (Å²) in [5, 5.41) is 2.81. The molecule has 30 heavy (non-hydrogen) atoms. The molecule has 166 valence electrons. The minimum absolute atomic E-state index is 0.0651. The molecule has 0 spiro atoms. The molecule has 0 unspecified atom stereocenters. The van der Waals surface area contributed by atoms with Crippen LogP contribution in [0, 0.1) is 0 Å². The highest BCUT2D eigenvalue weighted by atomic mass is 16.2. The Hall–Kier alpha value is -2.37. The van der Waals surface area contributed by atoms with Gasteiger partial charge in [0.25, 0.3) is 5.91 Å². The van der Waals surface area contributed by atoms with Crippen molar-refractivity contribution in [1.82, 2.24) is 10.2 Å². The van der Waals surface area contributed by atoms with Gasteiger partial charge in [0.15, 0.2) is 0 Å². The van der Waals surface area contributed by atoms with E-state index < -0.39 is 5.91 Å². The summed E-state index contributed by atoms with van der Waals surface area (Å²) in [6.07, 6.45) is 13.9. The van der Waals surface area contributed by atoms with Crippen molar-refractivity contribution in [3.8, 4) is 0 Å². The molecule has 6 nitrogen and oxygen atoms in total. The SMILES string of the molecule is NC(=O)c1ccc(C(=O)N2CCCCCCCCCC2)cc1.O=C1CCCCCN1. The molecule has 0 atom stereocenters. The van der Waals surface area contributed by atoms with Crippen LogP contribution >= 0.6 is 0 Å². The lowest BCUT2D eigenvalue weighted by Crippen LogP contribution is -2.33. The Balaban J connectivity index is 0.000000335. The van der Waals surface area contributed by atoms with Gasteiger partial charge in [0.1, 0.15) is 0 Å². The molecule has 0 bridgehead atoms. The number of nitrogens with two attached hydrogens (primary N) is 1. The Labute approximate surface area is 180 Å². The monoisotopic (exact) mass is 415 g/mol. The van der Waals surface area contributed by atoms with Crippen LogP contribution in [-0.4, -0.2) is 42.3 Å². The molecule has 0 aromatic heterocycles. The van der Waals surface area contributed by atoms with Crippen molar-refractivity contribution in [3.05, 3.63) is 35.4 Å². The molecule has 2 saturated heterocycles. The second kappa shape index (κ2) is 13.8. The summed E-state index contributed by atoms with van der Waals surface area (Å²) in [7, 11) is 0. The topological polar surface area (TPSA) is 92.5 Å². The first-order chi connectivity index (χ1) is 14.6. The van der Waals surface area contributed by atoms with Gasteiger partial charge in [-0.1, -0.05) is 44.9 Å². The number of carbonyl (C=O) groups is 3. The Morgan fingerprint density at radius 2 is 1.23 bits per heavy atom. The number of nitrogens with zero attached hydrogens (tertiary/aromatic N) is 1. The van der Waals surface area contributed by atoms with E-state index >= 15 is 0 Å². The van der Waals surface area contributed by atoms with E-state index in [-0.39, 0.29) is 11.8 Å². The fourth-order valence-corrected chi connectivity index (χ4v) is 3.84. The van der Waals surface area contributed by atoms with Gasteiger partial charge in [0.2, 0.25) is 11.8 Å². The van der Waals surface area contributed by atoms with Crippen molar-refractivity contribution in [2.24, 2.45) is 5.73 Å². The van der Waals surface area contributed by atoms with Gasteiger partial charge < -0.3 is 16.0 Å². The zero-order valence-corrected chi connectivity index (χ0v) is 18.2. The number of benzene rings is 1. The van der Waals surface area contributed by atoms with E-state index in [0.29, 0.717) is 11.1 Å². The quantitative estimate of drug-likeness (QED) is 0.763. The molecule has 1 aromatic carbocycles. The van der Waals surface area contributed by atoms with Crippen LogP contribution in [0.25, 0.3) is 0 Å². The maximum absolute atomic E-state index is 12.6. The van der Waals surface area contributed by atoms with Crippen LogP contribution in [0.1, 0.15) is 97.8 Å². The van der Waals surface area contributed by atoms with E-state index in [9.17, 15) is 14.4 Å². The summed E-state index contributed by atoms with van der Waals surface area (Å²) in [5.74, 6) is -0.174. The van der Waals surface area contributed by atoms with E-state index in [4.69, 9.17) is 5.73 Å². The minimum Gasteiger partial charge on any atom is -0.366 e. The number of primary amides is 1. The number of hydrogen-bond acceptors (Lipinski definition) is 3. The molecule has 2 heterocycles. The second-order valence-corrected chi connectivity index (χ2v) is 8.22. The summed E-state index contributed by atoms with van der Waals surface area (Å²) in [5.41, 5.74) is 6.31. The molecule has 3 rings (SSSR count). The van der Waals surface area contributed by atoms with Crippen LogP contribution in [0.2, 0.25) is 0 Å². The fraction of sp³-hybridized carbons (Fsp3) is 0.625. The van der Waals surface area contributed by atoms with Crippen LogP contribution < -0.4 is 11.1 Å². The van der Waals surface area contributed by atoms with Crippen LogP contribution in [0.3, 0.4) is 0 Å². The number of nitrogens with one attached hydrogen (secondary N) is 1. The molecular formula is C24H37N3O3. The molecule has 0 radical (unpaired) electrons. The molecule has 3 amide bonds. The molecule has 2 fully saturated rings. The molecule has 6 heteroatoms. The molecule has 2 aliphatic rings. The number of rotatable bonds is 2. The summed E-state index contributed by atoms with van der Waals surface area (Å²) in [6.45, 7) is 2.55. The third kappa shape index (κ3) is 8.97. The predicted octanol–water partition coefficient (Wildman–Crippen LogP) is 4.04. The van der Waals surface area contributed by atoms with Crippen LogP contribution in [0.4, 0.5) is 0 Å². The predicted molar refractivity (Wildman–Crippen MR) is 119 cm³/mol. The molecule has 3 N–H and O–H groups in total. The maximum atomic E-state index is 12.6. The minimum atomic E-state index is -0.464. The van der Waals surface area contributed by atoms with Crippen molar-refractivity contribution in [1.29, 1.82) is 0 Å². The zero-order chi connectivity index (χ0) is 21.6. The Morgan fingerprint density at radius 3 is 1.80 bits per heavy atom. The summed E-state index contributed by atoms with van der Waals surface area (Å²) in [6, 6.07) is 6.66. The van der Waals surface area contributed by atoms with Crippen LogP contribution in [-0.2, 0) is 4.79 Å². The highest BCUT2D eigenvalue weighted by Gasteiger charge is 2.16. The average Bonchev–Trinajstić information content (AvgIpc) is 3.03. The zero-order valence-electron chi connectivity index (χ0n) is 18.2. The van der Waals surface area contributed by atoms with Crippen LogP contribution in [0.15, 0.2) is 24.3 Å². The standard InChI is InChI=1S/C18H26N2O2.C6H11NO/c19-17(21)15-9-11-16(12-10-15)18(22)20-13-7-5-3-1-2-4-6-8-14-20;8-6-4-2-1-3-5-7-6/h9-12H,1-8,13-14H2,(H2,19,21);1-5H2,(H,7,8). The summed E-state index contributed by atoms with van der Waals surface area (Å²) >= 11 is 0. The van der Waals surface area contributed by atoms with Crippen LogP contribution in [0.5, 0.6) is 0 Å². The van der Waals surface area contributed by atoms with Gasteiger partial charge in [0, 0.05) is 37.2 Å². The highest BCUT2D eigenvalue weighted by molar-refractivity contribution is 5.97. The van der Waals surface area contributed by atoms with E-state index in [2.05, 4.69) is 5.32 Å². The van der Waals surface area contributed by atoms with Crippen molar-refractivity contribution in [2.75, 3.05) is 19.6 Å². The summed E-state index contributed by atoms with van der Waals surface area (Å²) in [4.78, 5) is 36.3. The Morgan fingerprint density at radius 1 is 0.733 bits per heavy atom. The molecular weight excluding hydrogens is 378 g/mol. The van der Waals surface area contributed by atoms with E-state index in [1.54, 1.807) is 24.3 Å². The summed E-state index contributed by atoms with van der Waals surface area (Å²) < 4.78 is 0. The fourth-order valence-electron chi connectivity index (χ4n) is 3.84. The van der Waals surface area contributed by atoms with Gasteiger partial charge in [-0.05, 0) is 49.9 Å². The molecule has 0 saturated carbocycles. The van der Waals surface area contributed by atoms with Crippen molar-refractivity contribution >= 4 is 17.7 Å². The van der Waals surface area contributed by atoms with Gasteiger partial charge >= 0.3 is 0 Å². The third-order valence-electron chi connectivity index (χ3n) is 5.71.